The highest BCUT2D eigenvalue weighted by Gasteiger charge is 2.33. The van der Waals surface area contributed by atoms with Crippen LogP contribution in [0.25, 0.3) is 22.3 Å². The fraction of sp³-hybridized carbons (Fsp3) is 0.388. The van der Waals surface area contributed by atoms with E-state index in [4.69, 9.17) is 0 Å². The highest BCUT2D eigenvalue weighted by atomic mass is 16.3. The Morgan fingerprint density at radius 2 is 1.44 bits per heavy atom. The average molecular weight is 847 g/mol. The topological polar surface area (TPSA) is 194 Å². The number of carbonyl (C=O) groups excluding carboxylic acids is 6. The van der Waals surface area contributed by atoms with Crippen molar-refractivity contribution in [2.24, 2.45) is 5.92 Å². The fourth-order valence-electron chi connectivity index (χ4n) is 7.72. The molecule has 62 heavy (non-hydrogen) atoms. The summed E-state index contributed by atoms with van der Waals surface area (Å²) in [5.74, 6) is -4.13. The first kappa shape index (κ1) is 46.7. The molecule has 0 unspecified atom stereocenters. The van der Waals surface area contributed by atoms with Crippen LogP contribution in [0, 0.1) is 5.92 Å². The minimum absolute atomic E-state index is 0.112. The zero-order chi connectivity index (χ0) is 45.2. The number of aliphatic hydroxyl groups is 1. The third-order valence-corrected chi connectivity index (χ3v) is 11.6. The van der Waals surface area contributed by atoms with Crippen molar-refractivity contribution in [3.63, 3.8) is 0 Å². The third kappa shape index (κ3) is 11.3. The Kier molecular flexibility index (Phi) is 15.8. The number of aliphatic hydroxyl groups excluding tert-OH is 1. The van der Waals surface area contributed by atoms with E-state index in [1.807, 2.05) is 31.2 Å². The summed E-state index contributed by atoms with van der Waals surface area (Å²) in [5.41, 5.74) is 5.16. The highest BCUT2D eigenvalue weighted by Crippen LogP contribution is 2.39. The zero-order valence-corrected chi connectivity index (χ0v) is 36.3. The second kappa shape index (κ2) is 21.0. The summed E-state index contributed by atoms with van der Waals surface area (Å²) >= 11 is 0. The van der Waals surface area contributed by atoms with E-state index in [0.29, 0.717) is 23.1 Å². The molecule has 0 saturated carbocycles. The largest absolute Gasteiger partial charge is 0.507 e. The average Bonchev–Trinajstić information content (AvgIpc) is 3.25. The fourth-order valence-corrected chi connectivity index (χ4v) is 7.72. The highest BCUT2D eigenvalue weighted by molar-refractivity contribution is 5.99. The maximum atomic E-state index is 14.0. The number of fused-ring (bicyclic) bond motifs is 5. The number of likely N-dealkylation sites (N-methyl/N-ethyl adjacent to an activating group) is 2. The lowest BCUT2D eigenvalue weighted by Crippen LogP contribution is -2.53. The molecule has 1 aliphatic heterocycles. The molecule has 4 bridgehead atoms. The third-order valence-electron chi connectivity index (χ3n) is 11.6. The Bertz CT molecular complexity index is 2270. The van der Waals surface area contributed by atoms with Crippen LogP contribution in [0.5, 0.6) is 11.5 Å². The molecule has 0 spiro atoms. The molecule has 4 aromatic carbocycles. The Morgan fingerprint density at radius 3 is 2.06 bits per heavy atom. The number of rotatable bonds is 14. The molecule has 0 radical (unpaired) electrons. The van der Waals surface area contributed by atoms with Crippen LogP contribution in [-0.4, -0.2) is 99.1 Å². The molecular weight excluding hydrogens is 789 g/mol. The molecule has 4 aromatic rings. The molecule has 5 atom stereocenters. The lowest BCUT2D eigenvalue weighted by atomic mass is 9.90. The summed E-state index contributed by atoms with van der Waals surface area (Å²) in [6.45, 7) is 6.34. The lowest BCUT2D eigenvalue weighted by Gasteiger charge is -2.30. The van der Waals surface area contributed by atoms with E-state index in [-0.39, 0.29) is 48.3 Å². The van der Waals surface area contributed by atoms with Crippen LogP contribution >= 0.6 is 0 Å². The Hall–Kier alpha value is -6.34. The monoisotopic (exact) mass is 846 g/mol. The predicted octanol–water partition coefficient (Wildman–Crippen LogP) is 5.92. The normalized spacial score (nSPS) is 17.5. The Labute approximate surface area is 363 Å². The first-order chi connectivity index (χ1) is 29.5. The van der Waals surface area contributed by atoms with Gasteiger partial charge in [0.05, 0.1) is 12.6 Å². The molecule has 1 heterocycles. The molecule has 0 aromatic heterocycles. The minimum atomic E-state index is -1.31. The van der Waals surface area contributed by atoms with Gasteiger partial charge in [-0.15, -0.1) is 0 Å². The van der Waals surface area contributed by atoms with E-state index in [9.17, 15) is 44.1 Å². The number of nitrogens with one attached hydrogen (secondary N) is 2. The molecule has 0 fully saturated rings. The molecule has 13 nitrogen and oxygen atoms in total. The minimum Gasteiger partial charge on any atom is -0.507 e. The van der Waals surface area contributed by atoms with Gasteiger partial charge in [-0.25, -0.2) is 0 Å². The number of phenols is 2. The maximum Gasteiger partial charge on any atom is 0.254 e. The number of unbranched alkanes of at least 4 members (excludes halogenated alkanes) is 1. The van der Waals surface area contributed by atoms with E-state index in [1.54, 1.807) is 31.2 Å². The number of carbonyl (C=O) groups is 6. The molecule has 5 N–H and O–H groups in total. The summed E-state index contributed by atoms with van der Waals surface area (Å²) in [6, 6.07) is 20.6. The number of amides is 4. The van der Waals surface area contributed by atoms with Crippen molar-refractivity contribution in [2.45, 2.75) is 96.8 Å². The van der Waals surface area contributed by atoms with Gasteiger partial charge in [-0.2, -0.15) is 0 Å². The molecule has 5 rings (SSSR count). The predicted molar refractivity (Wildman–Crippen MR) is 236 cm³/mol. The number of hydrogen-bond donors (Lipinski definition) is 5. The van der Waals surface area contributed by atoms with Crippen LogP contribution in [0.2, 0.25) is 0 Å². The summed E-state index contributed by atoms with van der Waals surface area (Å²) in [5, 5.41) is 37.4. The van der Waals surface area contributed by atoms with Crippen LogP contribution in [-0.2, 0) is 36.8 Å². The molecule has 13 heteroatoms. The number of nitrogens with zero attached hydrogens (tertiary/aromatic N) is 2. The van der Waals surface area contributed by atoms with Crippen molar-refractivity contribution in [3.8, 4) is 33.8 Å². The van der Waals surface area contributed by atoms with Crippen molar-refractivity contribution in [1.29, 1.82) is 0 Å². The van der Waals surface area contributed by atoms with Crippen molar-refractivity contribution in [2.75, 3.05) is 20.7 Å². The van der Waals surface area contributed by atoms with Crippen LogP contribution in [0.3, 0.4) is 0 Å². The van der Waals surface area contributed by atoms with Crippen LogP contribution in [0.15, 0.2) is 84.9 Å². The van der Waals surface area contributed by atoms with E-state index >= 15 is 0 Å². The van der Waals surface area contributed by atoms with Gasteiger partial charge >= 0.3 is 0 Å². The second-order valence-corrected chi connectivity index (χ2v) is 16.4. The molecule has 0 aliphatic carbocycles. The van der Waals surface area contributed by atoms with Crippen molar-refractivity contribution >= 4 is 35.2 Å². The van der Waals surface area contributed by atoms with E-state index in [0.717, 1.165) is 40.9 Å². The van der Waals surface area contributed by atoms with Gasteiger partial charge < -0.3 is 35.8 Å². The number of aryl methyl sites for hydroxylation is 1. The van der Waals surface area contributed by atoms with Gasteiger partial charge in [0.1, 0.15) is 23.6 Å². The van der Waals surface area contributed by atoms with Gasteiger partial charge in [-0.3, -0.25) is 28.8 Å². The smallest absolute Gasteiger partial charge is 0.254 e. The summed E-state index contributed by atoms with van der Waals surface area (Å²) in [6.07, 6.45) is 2.84. The van der Waals surface area contributed by atoms with Crippen molar-refractivity contribution < 1.29 is 44.1 Å². The first-order valence-corrected chi connectivity index (χ1v) is 21.2. The van der Waals surface area contributed by atoms with Gasteiger partial charge in [0.25, 0.3) is 5.91 Å². The van der Waals surface area contributed by atoms with Crippen LogP contribution in [0.1, 0.15) is 92.9 Å². The molecule has 328 valence electrons. The lowest BCUT2D eigenvalue weighted by molar-refractivity contribution is -0.140. The summed E-state index contributed by atoms with van der Waals surface area (Å²) in [4.78, 5) is 83.3. The standard InChI is InChI=1S/C49H58N4O9/c1-7-8-9-32-10-13-34(14-11-32)35-15-17-36(18-16-35)49(62)52(5)40(28-54)48(61)51-31(4)41(55)22-23-45(59)53(6)46-37-19-21-43(57)39(27-37)38-26-33(12-20-42(38)56)25-30(3)50-47(60)29(2)24-44(46)58/h10-21,26-27,29-31,40,46,54,56-57H,7-9,22-25,28H2,1-6H3,(H,50,60)(H,51,61)/t29-,30-,31-,40-,46+/m1/s1. The van der Waals surface area contributed by atoms with Crippen LogP contribution in [0.4, 0.5) is 0 Å². The van der Waals surface area contributed by atoms with E-state index in [2.05, 4.69) is 29.7 Å². The van der Waals surface area contributed by atoms with Gasteiger partial charge in [0.2, 0.25) is 17.7 Å². The van der Waals surface area contributed by atoms with E-state index < -0.39 is 59.9 Å². The van der Waals surface area contributed by atoms with Gasteiger partial charge in [0.15, 0.2) is 11.6 Å². The number of Topliss-reactive ketones (excluding diaryl/α,β-unsaturated/α-hetero) is 2. The number of aromatic hydroxyl groups is 2. The van der Waals surface area contributed by atoms with Crippen molar-refractivity contribution in [1.82, 2.24) is 20.4 Å². The molecular formula is C49H58N4O9. The van der Waals surface area contributed by atoms with Crippen molar-refractivity contribution in [3.05, 3.63) is 107 Å². The van der Waals surface area contributed by atoms with Gasteiger partial charge in [0, 0.05) is 62.0 Å². The Morgan fingerprint density at radius 1 is 0.823 bits per heavy atom. The quantitative estimate of drug-likeness (QED) is 0.103. The van der Waals surface area contributed by atoms with Crippen LogP contribution < -0.4 is 10.6 Å². The first-order valence-electron chi connectivity index (χ1n) is 21.2. The zero-order valence-electron chi connectivity index (χ0n) is 36.3. The van der Waals surface area contributed by atoms with Gasteiger partial charge in [-0.05, 0) is 97.3 Å². The molecule has 4 amide bonds. The summed E-state index contributed by atoms with van der Waals surface area (Å²) in [7, 11) is 2.81. The second-order valence-electron chi connectivity index (χ2n) is 16.4. The summed E-state index contributed by atoms with van der Waals surface area (Å²) < 4.78 is 0. The number of ketones is 2. The number of hydrogen-bond acceptors (Lipinski definition) is 9. The molecule has 0 saturated heterocycles. The van der Waals surface area contributed by atoms with Gasteiger partial charge in [-0.1, -0.05) is 68.8 Å². The number of benzene rings is 4. The molecule has 1 aliphatic rings. The SMILES string of the molecule is CCCCc1ccc(-c2ccc(C(=O)N(C)[C@H](CO)C(=O)N[C@H](C)C(=O)CCC(=O)N(C)[C@@H]3C(=O)C[C@@H](C)C(=O)N[C@H](C)Cc4ccc(O)c(c4)-c4cc3ccc4O)cc2)cc1. The maximum absolute atomic E-state index is 14.0. The Balaban J connectivity index is 1.24. The van der Waals surface area contributed by atoms with E-state index in [1.165, 1.54) is 55.7 Å². The number of phenolic OH excluding ortho intramolecular Hbond substituents is 2.